The molecule has 90 valence electrons. The SMILES string of the molecule is Cc1ccc[c-]c1-c1c2[c-]cccc2cc[n+]1C.[U+2]. The van der Waals surface area contributed by atoms with E-state index in [2.05, 4.69) is 55.1 Å². The summed E-state index contributed by atoms with van der Waals surface area (Å²) < 4.78 is 2.14. The molecule has 1 aromatic heterocycles. The van der Waals surface area contributed by atoms with Crippen molar-refractivity contribution in [2.24, 2.45) is 7.05 Å². The van der Waals surface area contributed by atoms with Crippen LogP contribution in [0.25, 0.3) is 22.0 Å². The maximum absolute atomic E-state index is 3.35. The molecule has 0 aliphatic carbocycles. The van der Waals surface area contributed by atoms with E-state index in [1.54, 1.807) is 0 Å². The molecular formula is C17H14NU+. The van der Waals surface area contributed by atoms with E-state index < -0.39 is 0 Å². The minimum absolute atomic E-state index is 0. The van der Waals surface area contributed by atoms with Gasteiger partial charge in [-0.15, -0.1) is 54.1 Å². The van der Waals surface area contributed by atoms with Crippen molar-refractivity contribution in [3.8, 4) is 11.3 Å². The first-order valence-corrected chi connectivity index (χ1v) is 6.04. The Hall–Kier alpha value is -1.10. The second-order valence-corrected chi connectivity index (χ2v) is 4.50. The second kappa shape index (κ2) is 5.91. The summed E-state index contributed by atoms with van der Waals surface area (Å²) in [5, 5.41) is 2.36. The zero-order valence-electron chi connectivity index (χ0n) is 11.1. The van der Waals surface area contributed by atoms with Gasteiger partial charge in [-0.2, -0.15) is 0 Å². The maximum Gasteiger partial charge on any atom is 2.00 e. The summed E-state index contributed by atoms with van der Waals surface area (Å²) in [7, 11) is 2.07. The summed E-state index contributed by atoms with van der Waals surface area (Å²) >= 11 is 0. The fraction of sp³-hybridized carbons (Fsp3) is 0.118. The molecule has 0 aliphatic heterocycles. The van der Waals surface area contributed by atoms with Crippen molar-refractivity contribution in [3.05, 3.63) is 66.4 Å². The van der Waals surface area contributed by atoms with Crippen LogP contribution in [0.2, 0.25) is 0 Å². The van der Waals surface area contributed by atoms with Crippen molar-refractivity contribution >= 4 is 10.8 Å². The summed E-state index contributed by atoms with van der Waals surface area (Å²) in [6.45, 7) is 2.12. The van der Waals surface area contributed by atoms with Crippen LogP contribution < -0.4 is 4.57 Å². The van der Waals surface area contributed by atoms with E-state index >= 15 is 0 Å². The predicted molar refractivity (Wildman–Crippen MR) is 73.0 cm³/mol. The van der Waals surface area contributed by atoms with Crippen LogP contribution in [0.1, 0.15) is 5.56 Å². The van der Waals surface area contributed by atoms with Crippen LogP contribution in [-0.2, 0) is 7.05 Å². The monoisotopic (exact) mass is 470 g/mol. The molecule has 0 amide bonds. The number of aromatic nitrogens is 1. The number of aryl methyl sites for hydroxylation is 2. The van der Waals surface area contributed by atoms with Crippen LogP contribution in [0.5, 0.6) is 0 Å². The van der Waals surface area contributed by atoms with Crippen LogP contribution in [0, 0.1) is 50.2 Å². The van der Waals surface area contributed by atoms with Gasteiger partial charge in [-0.25, -0.2) is 4.57 Å². The molecule has 0 bridgehead atoms. The minimum atomic E-state index is 0. The summed E-state index contributed by atoms with van der Waals surface area (Å²) in [6.07, 6.45) is 2.09. The molecule has 0 saturated carbocycles. The fourth-order valence-electron chi connectivity index (χ4n) is 2.31. The van der Waals surface area contributed by atoms with Crippen molar-refractivity contribution < 1.29 is 35.7 Å². The molecule has 1 heterocycles. The van der Waals surface area contributed by atoms with E-state index in [0.29, 0.717) is 0 Å². The quantitative estimate of drug-likeness (QED) is 0.380. The van der Waals surface area contributed by atoms with Crippen LogP contribution >= 0.6 is 0 Å². The molecule has 1 nitrogen and oxygen atoms in total. The zero-order chi connectivity index (χ0) is 12.5. The van der Waals surface area contributed by atoms with Gasteiger partial charge in [-0.05, 0) is 6.07 Å². The summed E-state index contributed by atoms with van der Waals surface area (Å²) in [4.78, 5) is 0. The zero-order valence-corrected chi connectivity index (χ0v) is 15.2. The van der Waals surface area contributed by atoms with Gasteiger partial charge in [0.05, 0.1) is 0 Å². The van der Waals surface area contributed by atoms with Crippen LogP contribution in [-0.4, -0.2) is 0 Å². The van der Waals surface area contributed by atoms with Gasteiger partial charge in [0.25, 0.3) is 0 Å². The van der Waals surface area contributed by atoms with Gasteiger partial charge in [0.15, 0.2) is 6.20 Å². The Kier molecular flexibility index (Phi) is 4.45. The molecule has 2 aromatic carbocycles. The average Bonchev–Trinajstić information content (AvgIpc) is 2.40. The first kappa shape index (κ1) is 14.3. The molecule has 2 heteroatoms. The Balaban J connectivity index is 0.00000133. The van der Waals surface area contributed by atoms with Crippen LogP contribution in [0.3, 0.4) is 0 Å². The van der Waals surface area contributed by atoms with Crippen molar-refractivity contribution in [2.75, 3.05) is 0 Å². The number of rotatable bonds is 1. The molecule has 0 N–H and O–H groups in total. The van der Waals surface area contributed by atoms with Gasteiger partial charge < -0.3 is 0 Å². The largest absolute Gasteiger partial charge is 2.00 e. The molecule has 0 saturated heterocycles. The number of nitrogens with zero attached hydrogens (tertiary/aromatic N) is 1. The molecule has 0 aliphatic rings. The molecule has 3 rings (SSSR count). The third-order valence-corrected chi connectivity index (χ3v) is 3.26. The number of hydrogen-bond acceptors (Lipinski definition) is 0. The molecule has 0 atom stereocenters. The Bertz CT molecular complexity index is 719. The number of pyridine rings is 1. The van der Waals surface area contributed by atoms with E-state index in [-0.39, 0.29) is 31.1 Å². The van der Waals surface area contributed by atoms with E-state index in [1.807, 2.05) is 24.3 Å². The number of benzene rings is 2. The van der Waals surface area contributed by atoms with E-state index in [4.69, 9.17) is 0 Å². The van der Waals surface area contributed by atoms with Gasteiger partial charge in [-0.3, -0.25) is 0 Å². The van der Waals surface area contributed by atoms with Gasteiger partial charge in [-0.1, -0.05) is 23.3 Å². The third-order valence-electron chi connectivity index (χ3n) is 3.26. The normalized spacial score (nSPS) is 10.2. The minimum Gasteiger partial charge on any atom is -0.243 e. The Labute approximate surface area is 137 Å². The van der Waals surface area contributed by atoms with E-state index in [0.717, 1.165) is 10.9 Å². The summed E-state index contributed by atoms with van der Waals surface area (Å²) in [5.41, 5.74) is 3.55. The summed E-state index contributed by atoms with van der Waals surface area (Å²) in [6, 6.07) is 21.0. The molecule has 3 aromatic rings. The second-order valence-electron chi connectivity index (χ2n) is 4.50. The Morgan fingerprint density at radius 2 is 1.74 bits per heavy atom. The third kappa shape index (κ3) is 2.61. The van der Waals surface area contributed by atoms with Gasteiger partial charge in [0.1, 0.15) is 12.7 Å². The van der Waals surface area contributed by atoms with Crippen LogP contribution in [0.15, 0.2) is 48.7 Å². The van der Waals surface area contributed by atoms with Gasteiger partial charge in [0.2, 0.25) is 0 Å². The molecular weight excluding hydrogens is 456 g/mol. The molecule has 0 fully saturated rings. The maximum atomic E-state index is 3.35. The topological polar surface area (TPSA) is 3.88 Å². The van der Waals surface area contributed by atoms with Gasteiger partial charge >= 0.3 is 31.1 Å². The molecule has 0 spiro atoms. The molecule has 19 heavy (non-hydrogen) atoms. The molecule has 0 unspecified atom stereocenters. The first-order valence-electron chi connectivity index (χ1n) is 6.04. The predicted octanol–water partition coefficient (Wildman–Crippen LogP) is 3.24. The fourth-order valence-corrected chi connectivity index (χ4v) is 2.31. The van der Waals surface area contributed by atoms with Gasteiger partial charge in [0, 0.05) is 0 Å². The first-order chi connectivity index (χ1) is 8.77. The van der Waals surface area contributed by atoms with Crippen LogP contribution in [0.4, 0.5) is 0 Å². The smallest absolute Gasteiger partial charge is 0.243 e. The van der Waals surface area contributed by atoms with Crippen molar-refractivity contribution in [1.82, 2.24) is 0 Å². The van der Waals surface area contributed by atoms with Crippen molar-refractivity contribution in [1.29, 1.82) is 0 Å². The molecule has 0 radical (unpaired) electrons. The standard InChI is InChI=1S/C17H14N.U/c1-13-7-3-5-9-15(13)17-16-10-6-4-8-14(16)11-12-18(17)2;/h3-8,11-12H,1-2H3;/q-1;+2. The number of hydrogen-bond donors (Lipinski definition) is 0. The number of fused-ring (bicyclic) bond motifs is 1. The Morgan fingerprint density at radius 1 is 1.00 bits per heavy atom. The van der Waals surface area contributed by atoms with E-state index in [1.165, 1.54) is 16.6 Å². The van der Waals surface area contributed by atoms with Crippen molar-refractivity contribution in [2.45, 2.75) is 6.92 Å². The average molecular weight is 470 g/mol. The van der Waals surface area contributed by atoms with Crippen molar-refractivity contribution in [3.63, 3.8) is 0 Å². The summed E-state index contributed by atoms with van der Waals surface area (Å²) in [5.74, 6) is 0. The van der Waals surface area contributed by atoms with E-state index in [9.17, 15) is 0 Å². The Morgan fingerprint density at radius 3 is 2.53 bits per heavy atom.